The Kier molecular flexibility index (Phi) is 11.7. The maximum absolute atomic E-state index is 11.2. The molecule has 0 aliphatic carbocycles. The molecule has 1 N–H and O–H groups in total. The molecule has 1 atom stereocenters. The molecule has 0 aromatic heterocycles. The molecule has 0 aromatic carbocycles. The summed E-state index contributed by atoms with van der Waals surface area (Å²) in [6.45, 7) is 4.01. The van der Waals surface area contributed by atoms with Gasteiger partial charge in [-0.1, -0.05) is 0 Å². The van der Waals surface area contributed by atoms with Crippen LogP contribution in [0.15, 0.2) is 0 Å². The van der Waals surface area contributed by atoms with E-state index in [-0.39, 0.29) is 6.42 Å². The molecule has 0 aliphatic heterocycles. The zero-order chi connectivity index (χ0) is 13.1. The number of aliphatic hydroxyl groups excluding tert-OH is 1. The van der Waals surface area contributed by atoms with Gasteiger partial charge in [-0.25, -0.2) is 0 Å². The number of hydrogen-bond donors (Lipinski definition) is 1. The van der Waals surface area contributed by atoms with Gasteiger partial charge in [-0.15, -0.1) is 0 Å². The molecular formula is C10H18I2O5-2. The molecule has 0 fully saturated rings. The molecular weight excluding hydrogens is 454 g/mol. The SMILES string of the molecule is CCC[I-]OC(=O)C[C@H](O)C(=O)O[I-]CCC. The van der Waals surface area contributed by atoms with Crippen LogP contribution >= 0.6 is 0 Å². The Morgan fingerprint density at radius 2 is 1.65 bits per heavy atom. The Bertz CT molecular complexity index is 235. The second kappa shape index (κ2) is 11.5. The number of carbonyl (C=O) groups is 2. The first kappa shape index (κ1) is 17.4. The molecule has 5 nitrogen and oxygen atoms in total. The molecule has 0 saturated heterocycles. The molecule has 0 aliphatic rings. The number of rotatable bonds is 9. The molecule has 0 unspecified atom stereocenters. The van der Waals surface area contributed by atoms with Gasteiger partial charge in [0.2, 0.25) is 0 Å². The molecule has 0 heterocycles. The van der Waals surface area contributed by atoms with E-state index in [2.05, 4.69) is 0 Å². The van der Waals surface area contributed by atoms with Crippen molar-refractivity contribution in [2.75, 3.05) is 8.86 Å². The van der Waals surface area contributed by atoms with Crippen molar-refractivity contribution in [2.24, 2.45) is 0 Å². The number of aliphatic hydroxyl groups is 1. The molecule has 0 radical (unpaired) electrons. The Balaban J connectivity index is 3.71. The summed E-state index contributed by atoms with van der Waals surface area (Å²) < 4.78 is 11.6. The minimum absolute atomic E-state index is 0.294. The summed E-state index contributed by atoms with van der Waals surface area (Å²) in [5.74, 6) is -1.21. The van der Waals surface area contributed by atoms with Crippen molar-refractivity contribution in [1.82, 2.24) is 0 Å². The molecule has 0 bridgehead atoms. The summed E-state index contributed by atoms with van der Waals surface area (Å²) in [4.78, 5) is 22.4. The molecule has 104 valence electrons. The third kappa shape index (κ3) is 10.0. The first-order valence-electron chi connectivity index (χ1n) is 5.38. The Labute approximate surface area is 123 Å². The van der Waals surface area contributed by atoms with Gasteiger partial charge in [-0.3, -0.25) is 0 Å². The fourth-order valence-electron chi connectivity index (χ4n) is 0.670. The van der Waals surface area contributed by atoms with Gasteiger partial charge in [0.1, 0.15) is 0 Å². The van der Waals surface area contributed by atoms with E-state index < -0.39 is 61.3 Å². The first-order chi connectivity index (χ1) is 8.11. The van der Waals surface area contributed by atoms with Crippen LogP contribution in [0.25, 0.3) is 0 Å². The van der Waals surface area contributed by atoms with Crippen LogP contribution in [0, 0.1) is 0 Å². The third-order valence-corrected chi connectivity index (χ3v) is 6.02. The van der Waals surface area contributed by atoms with Crippen molar-refractivity contribution < 1.29 is 64.1 Å². The van der Waals surface area contributed by atoms with E-state index in [1.807, 2.05) is 13.8 Å². The zero-order valence-electron chi connectivity index (χ0n) is 9.95. The van der Waals surface area contributed by atoms with Gasteiger partial charge < -0.3 is 0 Å². The maximum atomic E-state index is 11.2. The van der Waals surface area contributed by atoms with Crippen LogP contribution in [-0.4, -0.2) is 32.0 Å². The van der Waals surface area contributed by atoms with Crippen LogP contribution in [0.1, 0.15) is 33.1 Å². The van der Waals surface area contributed by atoms with E-state index in [0.29, 0.717) is 0 Å². The molecule has 7 heteroatoms. The van der Waals surface area contributed by atoms with Crippen molar-refractivity contribution in [2.45, 2.75) is 39.2 Å². The normalized spacial score (nSPS) is 12.4. The number of hydrogen-bond acceptors (Lipinski definition) is 5. The number of carbonyl (C=O) groups excluding carboxylic acids is 2. The van der Waals surface area contributed by atoms with Crippen molar-refractivity contribution in [3.05, 3.63) is 0 Å². The predicted octanol–water partition coefficient (Wildman–Crippen LogP) is -5.35. The molecule has 0 rings (SSSR count). The van der Waals surface area contributed by atoms with E-state index in [1.165, 1.54) is 0 Å². The quantitative estimate of drug-likeness (QED) is 0.206. The van der Waals surface area contributed by atoms with Gasteiger partial charge in [-0.2, -0.15) is 0 Å². The van der Waals surface area contributed by atoms with E-state index in [9.17, 15) is 14.7 Å². The van der Waals surface area contributed by atoms with E-state index in [0.717, 1.165) is 21.7 Å². The molecule has 0 amide bonds. The average Bonchev–Trinajstić information content (AvgIpc) is 2.29. The fourth-order valence-corrected chi connectivity index (χ4v) is 3.12. The average molecular weight is 472 g/mol. The minimum atomic E-state index is -1.37. The first-order valence-corrected chi connectivity index (χ1v) is 10.2. The fraction of sp³-hybridized carbons (Fsp3) is 0.800. The Hall–Kier alpha value is 0.360. The summed E-state index contributed by atoms with van der Waals surface area (Å²) >= 11 is -1.23. The van der Waals surface area contributed by atoms with Crippen molar-refractivity contribution >= 4 is 11.9 Å². The van der Waals surface area contributed by atoms with Gasteiger partial charge in [0.25, 0.3) is 0 Å². The predicted molar refractivity (Wildman–Crippen MR) is 53.1 cm³/mol. The third-order valence-electron chi connectivity index (χ3n) is 1.44. The monoisotopic (exact) mass is 472 g/mol. The summed E-state index contributed by atoms with van der Waals surface area (Å²) in [6, 6.07) is 0. The van der Waals surface area contributed by atoms with Crippen LogP contribution < -0.4 is 43.2 Å². The second-order valence-electron chi connectivity index (χ2n) is 3.16. The van der Waals surface area contributed by atoms with Gasteiger partial charge in [0.15, 0.2) is 0 Å². The number of alkyl halides is 2. The van der Waals surface area contributed by atoms with Crippen molar-refractivity contribution in [1.29, 1.82) is 0 Å². The van der Waals surface area contributed by atoms with Crippen LogP contribution in [0.4, 0.5) is 0 Å². The van der Waals surface area contributed by atoms with Crippen LogP contribution in [0.5, 0.6) is 0 Å². The topological polar surface area (TPSA) is 72.8 Å². The van der Waals surface area contributed by atoms with E-state index in [1.54, 1.807) is 0 Å². The number of halogens is 2. The summed E-state index contributed by atoms with van der Waals surface area (Å²) in [5, 5.41) is 9.40. The Morgan fingerprint density at radius 3 is 2.18 bits per heavy atom. The summed E-state index contributed by atoms with van der Waals surface area (Å²) in [6.07, 6.45) is 0.273. The molecule has 0 saturated carbocycles. The molecule has 0 spiro atoms. The second-order valence-corrected chi connectivity index (χ2v) is 7.45. The summed E-state index contributed by atoms with van der Waals surface area (Å²) in [5.41, 5.74) is 0. The van der Waals surface area contributed by atoms with Gasteiger partial charge in [-0.05, 0) is 0 Å². The van der Waals surface area contributed by atoms with Crippen molar-refractivity contribution in [3.8, 4) is 0 Å². The molecule has 17 heavy (non-hydrogen) atoms. The van der Waals surface area contributed by atoms with Crippen LogP contribution in [0.3, 0.4) is 0 Å². The van der Waals surface area contributed by atoms with Gasteiger partial charge >= 0.3 is 124 Å². The van der Waals surface area contributed by atoms with E-state index >= 15 is 0 Å². The van der Waals surface area contributed by atoms with Crippen LogP contribution in [0.2, 0.25) is 0 Å². The Morgan fingerprint density at radius 1 is 1.12 bits per heavy atom. The van der Waals surface area contributed by atoms with Gasteiger partial charge in [0, 0.05) is 0 Å². The standard InChI is InChI=1S/C10H18I2O5/c1-3-5-11-16-9(14)7-8(13)10(15)17-12-6-4-2/h8,13H,3-7H2,1-2H3/q-2/t8-/m0/s1. The van der Waals surface area contributed by atoms with E-state index in [4.69, 9.17) is 6.13 Å². The zero-order valence-corrected chi connectivity index (χ0v) is 14.3. The molecule has 0 aromatic rings. The van der Waals surface area contributed by atoms with Crippen molar-refractivity contribution in [3.63, 3.8) is 0 Å². The van der Waals surface area contributed by atoms with Gasteiger partial charge in [0.05, 0.1) is 0 Å². The van der Waals surface area contributed by atoms with Crippen LogP contribution in [-0.2, 0) is 15.7 Å². The summed E-state index contributed by atoms with van der Waals surface area (Å²) in [7, 11) is 0.